The fourth-order valence-electron chi connectivity index (χ4n) is 10.8. The Morgan fingerprint density at radius 2 is 0.969 bits per heavy atom. The monoisotopic (exact) mass is 857 g/mol. The second-order valence-electron chi connectivity index (χ2n) is 23.4. The van der Waals surface area contributed by atoms with Crippen LogP contribution in [-0.4, -0.2) is 6.71 Å². The molecule has 330 valence electrons. The molecule has 4 nitrogen and oxygen atoms in total. The van der Waals surface area contributed by atoms with Crippen molar-refractivity contribution in [2.24, 2.45) is 0 Å². The summed E-state index contributed by atoms with van der Waals surface area (Å²) < 4.78 is 13.4. The molecule has 0 unspecified atom stereocenters. The predicted molar refractivity (Wildman–Crippen MR) is 279 cm³/mol. The molecule has 0 amide bonds. The van der Waals surface area contributed by atoms with E-state index in [1.165, 1.54) is 94.7 Å². The molecule has 65 heavy (non-hydrogen) atoms. The maximum Gasteiger partial charge on any atom is 0.257 e. The molecular weight excluding hydrogens is 791 g/mol. The lowest BCUT2D eigenvalue weighted by molar-refractivity contribution is 0.587. The summed E-state index contributed by atoms with van der Waals surface area (Å²) >= 11 is 0. The van der Waals surface area contributed by atoms with Gasteiger partial charge < -0.3 is 13.7 Å². The van der Waals surface area contributed by atoms with E-state index in [2.05, 4.69) is 212 Å². The summed E-state index contributed by atoms with van der Waals surface area (Å²) in [7, 11) is 0. The Bertz CT molecular complexity index is 3210. The third kappa shape index (κ3) is 6.78. The van der Waals surface area contributed by atoms with E-state index in [0.717, 1.165) is 33.6 Å². The Morgan fingerprint density at radius 3 is 1.58 bits per heavy atom. The zero-order chi connectivity index (χ0) is 46.4. The highest BCUT2D eigenvalue weighted by molar-refractivity contribution is 7.01. The first-order chi connectivity index (χ1) is 30.4. The zero-order valence-electron chi connectivity index (χ0n) is 41.6. The lowest BCUT2D eigenvalue weighted by Gasteiger charge is -2.45. The Kier molecular flexibility index (Phi) is 9.44. The highest BCUT2D eigenvalue weighted by Crippen LogP contribution is 2.51. The average Bonchev–Trinajstić information content (AvgIpc) is 3.82. The van der Waals surface area contributed by atoms with Gasteiger partial charge >= 0.3 is 0 Å². The van der Waals surface area contributed by atoms with Gasteiger partial charge in [0, 0.05) is 38.9 Å². The van der Waals surface area contributed by atoms with Crippen LogP contribution in [0.5, 0.6) is 0 Å². The minimum atomic E-state index is -0.152. The molecule has 0 spiro atoms. The van der Waals surface area contributed by atoms with Crippen molar-refractivity contribution in [1.29, 1.82) is 0 Å². The number of para-hydroxylation sites is 1. The SMILES string of the molecule is Cc1cc(-c2coc3ccccc23)cc(C)c1N1c2ccc(C(C)(C)C)cc2B2c3c1cc(C(C)(C)C)cc3N(c1c(C)cc(C(C)(C)C)cc1C)c1oc3ccc(C(C)(C)C)cc3c12. The Labute approximate surface area is 387 Å². The van der Waals surface area contributed by atoms with Gasteiger partial charge in [-0.2, -0.15) is 0 Å². The summed E-state index contributed by atoms with van der Waals surface area (Å²) in [5.41, 5.74) is 23.9. The Balaban J connectivity index is 1.35. The van der Waals surface area contributed by atoms with E-state index in [0.29, 0.717) is 0 Å². The molecule has 6 aromatic carbocycles. The van der Waals surface area contributed by atoms with Gasteiger partial charge in [0.1, 0.15) is 11.2 Å². The fraction of sp³-hybridized carbons (Fsp3) is 0.333. The molecule has 0 radical (unpaired) electrons. The van der Waals surface area contributed by atoms with Crippen LogP contribution in [0, 0.1) is 27.7 Å². The van der Waals surface area contributed by atoms with Crippen LogP contribution in [0.25, 0.3) is 33.1 Å². The van der Waals surface area contributed by atoms with Gasteiger partial charge in [0.25, 0.3) is 6.71 Å². The molecule has 8 aromatic rings. The van der Waals surface area contributed by atoms with Crippen LogP contribution in [0.2, 0.25) is 0 Å². The number of benzene rings is 6. The molecule has 0 N–H and O–H groups in total. The largest absolute Gasteiger partial charge is 0.464 e. The van der Waals surface area contributed by atoms with Gasteiger partial charge in [0.15, 0.2) is 0 Å². The number of nitrogens with zero attached hydrogens (tertiary/aromatic N) is 2. The molecule has 2 aliphatic heterocycles. The van der Waals surface area contributed by atoms with E-state index in [-0.39, 0.29) is 28.4 Å². The number of rotatable bonds is 3. The summed E-state index contributed by atoms with van der Waals surface area (Å²) in [6.07, 6.45) is 1.92. The van der Waals surface area contributed by atoms with Gasteiger partial charge in [-0.25, -0.2) is 0 Å². The van der Waals surface area contributed by atoms with Gasteiger partial charge in [-0.05, 0) is 159 Å². The predicted octanol–water partition coefficient (Wildman–Crippen LogP) is 15.4. The summed E-state index contributed by atoms with van der Waals surface area (Å²) in [6.45, 7) is 37.0. The van der Waals surface area contributed by atoms with E-state index < -0.39 is 0 Å². The first kappa shape index (κ1) is 43.0. The van der Waals surface area contributed by atoms with Crippen molar-refractivity contribution in [3.63, 3.8) is 0 Å². The van der Waals surface area contributed by atoms with Crippen LogP contribution in [0.15, 0.2) is 112 Å². The number of anilines is 6. The highest BCUT2D eigenvalue weighted by atomic mass is 16.4. The molecule has 2 aromatic heterocycles. The van der Waals surface area contributed by atoms with Crippen molar-refractivity contribution in [2.75, 3.05) is 9.80 Å². The van der Waals surface area contributed by atoms with Gasteiger partial charge in [-0.3, -0.25) is 4.90 Å². The quantitative estimate of drug-likeness (QED) is 0.166. The molecule has 5 heteroatoms. The molecule has 2 aliphatic rings. The van der Waals surface area contributed by atoms with Crippen LogP contribution in [-0.2, 0) is 21.7 Å². The minimum absolute atomic E-state index is 0.00515. The minimum Gasteiger partial charge on any atom is -0.464 e. The fourth-order valence-corrected chi connectivity index (χ4v) is 10.8. The standard InChI is InChI=1S/C60H65BN2O2/c1-34-25-38(45-33-64-50-20-18-17-19-43(45)50)26-35(2)54(34)62-47-23-21-40(58(8,9)10)30-46(47)61-52-44-29-39(57(5,6)7)22-24-51(44)65-56(52)63(49-32-42(60(14,15)16)31-48(62)53(49)61)55-36(3)27-41(28-37(55)4)59(11,12)13/h17-33H,1-16H3. The third-order valence-electron chi connectivity index (χ3n) is 14.4. The number of hydrogen-bond donors (Lipinski definition) is 0. The molecule has 0 saturated heterocycles. The Morgan fingerprint density at radius 1 is 0.446 bits per heavy atom. The van der Waals surface area contributed by atoms with Crippen LogP contribution in [0.4, 0.5) is 34.3 Å². The molecule has 0 bridgehead atoms. The Hall–Kier alpha value is -5.94. The first-order valence-corrected chi connectivity index (χ1v) is 23.6. The zero-order valence-corrected chi connectivity index (χ0v) is 41.6. The summed E-state index contributed by atoms with van der Waals surface area (Å²) in [5, 5.41) is 2.32. The van der Waals surface area contributed by atoms with Gasteiger partial charge in [0.05, 0.1) is 17.6 Å². The average molecular weight is 857 g/mol. The lowest BCUT2D eigenvalue weighted by Crippen LogP contribution is -2.61. The van der Waals surface area contributed by atoms with Gasteiger partial charge in [-0.15, -0.1) is 0 Å². The van der Waals surface area contributed by atoms with Crippen molar-refractivity contribution < 1.29 is 8.83 Å². The van der Waals surface area contributed by atoms with Crippen molar-refractivity contribution in [3.8, 4) is 11.1 Å². The maximum atomic E-state index is 7.36. The molecule has 0 aliphatic carbocycles. The first-order valence-electron chi connectivity index (χ1n) is 23.6. The van der Waals surface area contributed by atoms with Gasteiger partial charge in [-0.1, -0.05) is 132 Å². The molecule has 0 fully saturated rings. The van der Waals surface area contributed by atoms with E-state index >= 15 is 0 Å². The van der Waals surface area contributed by atoms with E-state index in [1.54, 1.807) is 0 Å². The molecule has 0 atom stereocenters. The second-order valence-corrected chi connectivity index (χ2v) is 23.4. The summed E-state index contributed by atoms with van der Waals surface area (Å²) in [4.78, 5) is 5.13. The van der Waals surface area contributed by atoms with Crippen molar-refractivity contribution in [1.82, 2.24) is 0 Å². The van der Waals surface area contributed by atoms with E-state index in [4.69, 9.17) is 8.83 Å². The second kappa shape index (κ2) is 14.3. The smallest absolute Gasteiger partial charge is 0.257 e. The lowest BCUT2D eigenvalue weighted by atomic mass is 9.33. The van der Waals surface area contributed by atoms with Crippen LogP contribution in [0.1, 0.15) is 128 Å². The normalized spacial score (nSPS) is 14.1. The molecule has 10 rings (SSSR count). The molecule has 4 heterocycles. The van der Waals surface area contributed by atoms with Crippen molar-refractivity contribution in [2.45, 2.75) is 132 Å². The number of aryl methyl sites for hydroxylation is 4. The van der Waals surface area contributed by atoms with Crippen molar-refractivity contribution in [3.05, 3.63) is 148 Å². The molecule has 0 saturated carbocycles. The summed E-state index contributed by atoms with van der Waals surface area (Å²) in [6, 6.07) is 37.1. The third-order valence-corrected chi connectivity index (χ3v) is 14.4. The van der Waals surface area contributed by atoms with Gasteiger partial charge in [0.2, 0.25) is 5.88 Å². The van der Waals surface area contributed by atoms with Crippen molar-refractivity contribution >= 4 is 79.4 Å². The van der Waals surface area contributed by atoms with Crippen LogP contribution >= 0.6 is 0 Å². The number of fused-ring (bicyclic) bond motifs is 7. The van der Waals surface area contributed by atoms with E-state index in [9.17, 15) is 0 Å². The van der Waals surface area contributed by atoms with Crippen LogP contribution < -0.4 is 26.2 Å². The topological polar surface area (TPSA) is 32.8 Å². The van der Waals surface area contributed by atoms with Crippen LogP contribution in [0.3, 0.4) is 0 Å². The number of hydrogen-bond acceptors (Lipinski definition) is 4. The molecular formula is C60H65BN2O2. The van der Waals surface area contributed by atoms with E-state index in [1.807, 2.05) is 12.3 Å². The number of furan rings is 2. The maximum absolute atomic E-state index is 7.36. The highest BCUT2D eigenvalue weighted by Gasteiger charge is 2.48. The summed E-state index contributed by atoms with van der Waals surface area (Å²) in [5.74, 6) is 0.917.